The molecule has 2 aromatic carbocycles. The fourth-order valence-corrected chi connectivity index (χ4v) is 5.59. The molecule has 4 rings (SSSR count). The fraction of sp³-hybridized carbons (Fsp3) is 0.519. The van der Waals surface area contributed by atoms with Gasteiger partial charge < -0.3 is 10.2 Å². The summed E-state index contributed by atoms with van der Waals surface area (Å²) in [5.41, 5.74) is 1.73. The Morgan fingerprint density at radius 3 is 2.27 bits per heavy atom. The molecule has 1 saturated carbocycles. The Labute approximate surface area is 194 Å². The number of likely N-dealkylation sites (tertiary alicyclic amines) is 1. The standard InChI is InChI=1S/C27H33F3N2O/c1-17(2)26(20-5-10-24(29)25(30)15-20)27(33)31-22-8-9-23(16-22)32-13-11-19(12-14-32)18-3-6-21(28)7-4-18/h3-7,10,15,17,19,22-23,26H,8-9,11-14,16H2,1-2H3,(H,31,33)/t22-,23-,26?/m1/s1. The summed E-state index contributed by atoms with van der Waals surface area (Å²) in [5, 5.41) is 3.18. The van der Waals surface area contributed by atoms with Crippen LogP contribution in [-0.2, 0) is 4.79 Å². The number of carbonyl (C=O) groups is 1. The van der Waals surface area contributed by atoms with Crippen LogP contribution in [0.2, 0.25) is 0 Å². The van der Waals surface area contributed by atoms with E-state index in [0.29, 0.717) is 17.5 Å². The largest absolute Gasteiger partial charge is 0.353 e. The minimum absolute atomic E-state index is 0.0300. The minimum atomic E-state index is -0.920. The number of hydrogen-bond donors (Lipinski definition) is 1. The maximum atomic E-state index is 13.8. The van der Waals surface area contributed by atoms with Crippen LogP contribution in [0.25, 0.3) is 0 Å². The third-order valence-corrected chi connectivity index (χ3v) is 7.39. The second kappa shape index (κ2) is 10.3. The van der Waals surface area contributed by atoms with Crippen LogP contribution in [-0.4, -0.2) is 36.0 Å². The molecule has 2 aliphatic rings. The Morgan fingerprint density at radius 1 is 0.939 bits per heavy atom. The highest BCUT2D eigenvalue weighted by molar-refractivity contribution is 5.84. The zero-order chi connectivity index (χ0) is 23.5. The predicted octanol–water partition coefficient (Wildman–Crippen LogP) is 5.76. The van der Waals surface area contributed by atoms with E-state index < -0.39 is 17.6 Å². The SMILES string of the molecule is CC(C)C(C(=O)N[C@@H]1CC[C@@H](N2CCC(c3ccc(F)cc3)CC2)C1)c1ccc(F)c(F)c1. The first-order valence-electron chi connectivity index (χ1n) is 12.1. The van der Waals surface area contributed by atoms with Crippen LogP contribution in [0, 0.1) is 23.4 Å². The van der Waals surface area contributed by atoms with Crippen molar-refractivity contribution in [2.75, 3.05) is 13.1 Å². The number of nitrogens with zero attached hydrogens (tertiary/aromatic N) is 1. The normalized spacial score (nSPS) is 23.1. The zero-order valence-electron chi connectivity index (χ0n) is 19.4. The second-order valence-electron chi connectivity index (χ2n) is 9.93. The van der Waals surface area contributed by atoms with Crippen LogP contribution in [0.1, 0.15) is 68.9 Å². The van der Waals surface area contributed by atoms with Crippen LogP contribution in [0.15, 0.2) is 42.5 Å². The number of rotatable bonds is 6. The summed E-state index contributed by atoms with van der Waals surface area (Å²) in [7, 11) is 0. The van der Waals surface area contributed by atoms with E-state index in [1.807, 2.05) is 26.0 Å². The molecular weight excluding hydrogens is 425 g/mol. The van der Waals surface area contributed by atoms with Gasteiger partial charge in [-0.05, 0) is 92.4 Å². The lowest BCUT2D eigenvalue weighted by molar-refractivity contribution is -0.124. The van der Waals surface area contributed by atoms with Gasteiger partial charge in [0, 0.05) is 12.1 Å². The fourth-order valence-electron chi connectivity index (χ4n) is 5.59. The molecule has 6 heteroatoms. The average Bonchev–Trinajstić information content (AvgIpc) is 3.25. The highest BCUT2D eigenvalue weighted by atomic mass is 19.2. The third-order valence-electron chi connectivity index (χ3n) is 7.39. The molecule has 1 aliphatic carbocycles. The Morgan fingerprint density at radius 2 is 1.64 bits per heavy atom. The molecular formula is C27H33F3N2O. The van der Waals surface area contributed by atoms with Gasteiger partial charge in [-0.2, -0.15) is 0 Å². The molecule has 33 heavy (non-hydrogen) atoms. The molecule has 0 aromatic heterocycles. The summed E-state index contributed by atoms with van der Waals surface area (Å²) >= 11 is 0. The van der Waals surface area contributed by atoms with Gasteiger partial charge in [0.1, 0.15) is 5.82 Å². The summed E-state index contributed by atoms with van der Waals surface area (Å²) in [4.78, 5) is 15.6. The molecule has 0 spiro atoms. The van der Waals surface area contributed by atoms with Gasteiger partial charge in [-0.3, -0.25) is 4.79 Å². The lowest BCUT2D eigenvalue weighted by Crippen LogP contribution is -2.42. The predicted molar refractivity (Wildman–Crippen MR) is 123 cm³/mol. The summed E-state index contributed by atoms with van der Waals surface area (Å²) < 4.78 is 40.3. The number of hydrogen-bond acceptors (Lipinski definition) is 2. The second-order valence-corrected chi connectivity index (χ2v) is 9.93. The number of benzene rings is 2. The maximum absolute atomic E-state index is 13.8. The lowest BCUT2D eigenvalue weighted by Gasteiger charge is -2.36. The van der Waals surface area contributed by atoms with Crippen molar-refractivity contribution in [3.05, 3.63) is 71.0 Å². The van der Waals surface area contributed by atoms with E-state index in [0.717, 1.165) is 57.3 Å². The molecule has 1 unspecified atom stereocenters. The van der Waals surface area contributed by atoms with E-state index in [1.54, 1.807) is 0 Å². The summed E-state index contributed by atoms with van der Waals surface area (Å²) in [6.07, 6.45) is 5.01. The van der Waals surface area contributed by atoms with Gasteiger partial charge in [-0.15, -0.1) is 0 Å². The van der Waals surface area contributed by atoms with Crippen molar-refractivity contribution in [3.8, 4) is 0 Å². The highest BCUT2D eigenvalue weighted by Crippen LogP contribution is 2.33. The van der Waals surface area contributed by atoms with Crippen LogP contribution >= 0.6 is 0 Å². The molecule has 2 aromatic rings. The van der Waals surface area contributed by atoms with Gasteiger partial charge in [0.25, 0.3) is 0 Å². The van der Waals surface area contributed by atoms with Crippen molar-refractivity contribution in [1.82, 2.24) is 10.2 Å². The first-order valence-corrected chi connectivity index (χ1v) is 12.1. The Balaban J connectivity index is 1.31. The first kappa shape index (κ1) is 23.8. The van der Waals surface area contributed by atoms with Gasteiger partial charge in [0.2, 0.25) is 5.91 Å². The lowest BCUT2D eigenvalue weighted by atomic mass is 9.87. The van der Waals surface area contributed by atoms with Crippen molar-refractivity contribution in [2.24, 2.45) is 5.92 Å². The Hall–Kier alpha value is -2.34. The van der Waals surface area contributed by atoms with E-state index in [1.165, 1.54) is 23.8 Å². The van der Waals surface area contributed by atoms with Gasteiger partial charge in [0.15, 0.2) is 11.6 Å². The van der Waals surface area contributed by atoms with E-state index in [2.05, 4.69) is 10.2 Å². The van der Waals surface area contributed by atoms with Gasteiger partial charge >= 0.3 is 0 Å². The van der Waals surface area contributed by atoms with Crippen molar-refractivity contribution < 1.29 is 18.0 Å². The molecule has 3 nitrogen and oxygen atoms in total. The van der Waals surface area contributed by atoms with Crippen molar-refractivity contribution >= 4 is 5.91 Å². The van der Waals surface area contributed by atoms with Gasteiger partial charge in [0.05, 0.1) is 5.92 Å². The van der Waals surface area contributed by atoms with Gasteiger partial charge in [-0.1, -0.05) is 32.0 Å². The molecule has 1 amide bonds. The Kier molecular flexibility index (Phi) is 7.42. The molecule has 2 fully saturated rings. The molecule has 1 saturated heterocycles. The monoisotopic (exact) mass is 458 g/mol. The van der Waals surface area contributed by atoms with Crippen molar-refractivity contribution in [2.45, 2.75) is 69.9 Å². The van der Waals surface area contributed by atoms with Gasteiger partial charge in [-0.25, -0.2) is 13.2 Å². The molecule has 1 aliphatic heterocycles. The van der Waals surface area contributed by atoms with Crippen LogP contribution in [0.4, 0.5) is 13.2 Å². The average molecular weight is 459 g/mol. The maximum Gasteiger partial charge on any atom is 0.228 e. The summed E-state index contributed by atoms with van der Waals surface area (Å²) in [6.45, 7) is 5.87. The number of halogens is 3. The third kappa shape index (κ3) is 5.60. The molecule has 3 atom stereocenters. The molecule has 178 valence electrons. The number of piperidine rings is 1. The smallest absolute Gasteiger partial charge is 0.228 e. The van der Waals surface area contributed by atoms with Crippen molar-refractivity contribution in [1.29, 1.82) is 0 Å². The van der Waals surface area contributed by atoms with E-state index in [4.69, 9.17) is 0 Å². The first-order chi connectivity index (χ1) is 15.8. The number of carbonyl (C=O) groups excluding carboxylic acids is 1. The van der Waals surface area contributed by atoms with E-state index in [-0.39, 0.29) is 23.7 Å². The molecule has 1 heterocycles. The Bertz CT molecular complexity index is 954. The minimum Gasteiger partial charge on any atom is -0.353 e. The van der Waals surface area contributed by atoms with Crippen molar-refractivity contribution in [3.63, 3.8) is 0 Å². The van der Waals surface area contributed by atoms with Crippen LogP contribution < -0.4 is 5.32 Å². The topological polar surface area (TPSA) is 32.3 Å². The molecule has 1 N–H and O–H groups in total. The van der Waals surface area contributed by atoms with E-state index in [9.17, 15) is 18.0 Å². The summed E-state index contributed by atoms with van der Waals surface area (Å²) in [5.74, 6) is -2.19. The summed E-state index contributed by atoms with van der Waals surface area (Å²) in [6, 6.07) is 11.2. The number of amides is 1. The van der Waals surface area contributed by atoms with Crippen LogP contribution in [0.3, 0.4) is 0 Å². The van der Waals surface area contributed by atoms with E-state index >= 15 is 0 Å². The highest BCUT2D eigenvalue weighted by Gasteiger charge is 2.34. The molecule has 0 radical (unpaired) electrons. The number of nitrogens with one attached hydrogen (secondary N) is 1. The quantitative estimate of drug-likeness (QED) is 0.597. The molecule has 0 bridgehead atoms. The zero-order valence-corrected chi connectivity index (χ0v) is 19.4. The van der Waals surface area contributed by atoms with Crippen LogP contribution in [0.5, 0.6) is 0 Å².